The number of thiophene rings is 1. The van der Waals surface area contributed by atoms with Crippen molar-refractivity contribution in [1.82, 2.24) is 10.2 Å². The summed E-state index contributed by atoms with van der Waals surface area (Å²) in [6, 6.07) is 2.67. The molecule has 0 amide bonds. The van der Waals surface area contributed by atoms with Gasteiger partial charge in [-0.3, -0.25) is 0 Å². The van der Waals surface area contributed by atoms with Crippen LogP contribution < -0.4 is 5.32 Å². The Hall–Kier alpha value is -0.910. The van der Waals surface area contributed by atoms with E-state index >= 15 is 0 Å². The maximum absolute atomic E-state index is 11.0. The van der Waals surface area contributed by atoms with E-state index in [-0.39, 0.29) is 0 Å². The molecule has 0 aliphatic heterocycles. The SMILES string of the molecule is CN(CCCNCc1ccsc1C(=O)O)C1CCCCC1. The van der Waals surface area contributed by atoms with Crippen molar-refractivity contribution in [3.63, 3.8) is 0 Å². The van der Waals surface area contributed by atoms with Gasteiger partial charge in [-0.15, -0.1) is 11.3 Å². The average molecular weight is 310 g/mol. The lowest BCUT2D eigenvalue weighted by atomic mass is 9.94. The lowest BCUT2D eigenvalue weighted by Crippen LogP contribution is -2.35. The minimum Gasteiger partial charge on any atom is -0.477 e. The molecule has 0 aromatic carbocycles. The van der Waals surface area contributed by atoms with Crippen molar-refractivity contribution in [2.24, 2.45) is 0 Å². The molecule has 0 spiro atoms. The zero-order valence-corrected chi connectivity index (χ0v) is 13.6. The molecule has 1 fully saturated rings. The molecule has 0 unspecified atom stereocenters. The van der Waals surface area contributed by atoms with Crippen LogP contribution in [-0.2, 0) is 6.54 Å². The van der Waals surface area contributed by atoms with E-state index in [0.717, 1.165) is 31.1 Å². The lowest BCUT2D eigenvalue weighted by Gasteiger charge is -2.31. The predicted octanol–water partition coefficient (Wildman–Crippen LogP) is 3.19. The first kappa shape index (κ1) is 16.5. The molecule has 1 heterocycles. The Kier molecular flexibility index (Phi) is 6.67. The second-order valence-electron chi connectivity index (χ2n) is 5.88. The normalized spacial score (nSPS) is 16.5. The third-order valence-electron chi connectivity index (χ3n) is 4.32. The van der Waals surface area contributed by atoms with Gasteiger partial charge >= 0.3 is 5.97 Å². The second kappa shape index (κ2) is 8.51. The summed E-state index contributed by atoms with van der Waals surface area (Å²) in [7, 11) is 2.23. The van der Waals surface area contributed by atoms with E-state index in [1.807, 2.05) is 11.4 Å². The Morgan fingerprint density at radius 1 is 1.43 bits per heavy atom. The summed E-state index contributed by atoms with van der Waals surface area (Å²) in [4.78, 5) is 14.0. The predicted molar refractivity (Wildman–Crippen MR) is 87.1 cm³/mol. The summed E-state index contributed by atoms with van der Waals surface area (Å²) in [5, 5.41) is 14.3. The van der Waals surface area contributed by atoms with Gasteiger partial charge in [0.2, 0.25) is 0 Å². The Labute approximate surface area is 131 Å². The molecule has 1 aliphatic rings. The molecule has 2 N–H and O–H groups in total. The van der Waals surface area contributed by atoms with E-state index in [2.05, 4.69) is 17.3 Å². The zero-order chi connectivity index (χ0) is 15.1. The van der Waals surface area contributed by atoms with Crippen molar-refractivity contribution < 1.29 is 9.90 Å². The Bertz CT molecular complexity index is 441. The summed E-state index contributed by atoms with van der Waals surface area (Å²) in [5.74, 6) is -0.821. The van der Waals surface area contributed by atoms with Crippen LogP contribution in [0.25, 0.3) is 0 Å². The number of rotatable bonds is 8. The quantitative estimate of drug-likeness (QED) is 0.724. The molecule has 21 heavy (non-hydrogen) atoms. The van der Waals surface area contributed by atoms with Gasteiger partial charge in [0.25, 0.3) is 0 Å². The molecule has 1 saturated carbocycles. The average Bonchev–Trinajstić information content (AvgIpc) is 2.96. The topological polar surface area (TPSA) is 52.6 Å². The van der Waals surface area contributed by atoms with Crippen molar-refractivity contribution in [3.8, 4) is 0 Å². The first-order valence-corrected chi connectivity index (χ1v) is 8.77. The monoisotopic (exact) mass is 310 g/mol. The Morgan fingerprint density at radius 3 is 2.90 bits per heavy atom. The number of carboxylic acid groups (broad SMARTS) is 1. The number of carboxylic acids is 1. The fourth-order valence-corrected chi connectivity index (χ4v) is 3.80. The molecule has 4 nitrogen and oxygen atoms in total. The van der Waals surface area contributed by atoms with Gasteiger partial charge in [0.15, 0.2) is 0 Å². The molecule has 2 rings (SSSR count). The molecule has 5 heteroatoms. The first-order chi connectivity index (χ1) is 10.2. The van der Waals surface area contributed by atoms with Gasteiger partial charge in [-0.1, -0.05) is 19.3 Å². The van der Waals surface area contributed by atoms with Crippen LogP contribution in [0.4, 0.5) is 0 Å². The third-order valence-corrected chi connectivity index (χ3v) is 5.26. The van der Waals surface area contributed by atoms with E-state index in [1.165, 1.54) is 43.4 Å². The largest absolute Gasteiger partial charge is 0.477 e. The molecule has 118 valence electrons. The number of carbonyl (C=O) groups is 1. The third kappa shape index (κ3) is 5.09. The van der Waals surface area contributed by atoms with Crippen LogP contribution in [0.15, 0.2) is 11.4 Å². The van der Waals surface area contributed by atoms with Gasteiger partial charge in [-0.05, 0) is 56.4 Å². The number of nitrogens with zero attached hydrogens (tertiary/aromatic N) is 1. The number of nitrogens with one attached hydrogen (secondary N) is 1. The summed E-state index contributed by atoms with van der Waals surface area (Å²) < 4.78 is 0. The van der Waals surface area contributed by atoms with Gasteiger partial charge in [-0.2, -0.15) is 0 Å². The molecule has 0 radical (unpaired) electrons. The maximum Gasteiger partial charge on any atom is 0.346 e. The van der Waals surface area contributed by atoms with Crippen molar-refractivity contribution >= 4 is 17.3 Å². The van der Waals surface area contributed by atoms with E-state index in [4.69, 9.17) is 5.11 Å². The standard InChI is InChI=1S/C16H26N2O2S/c1-18(14-6-3-2-4-7-14)10-5-9-17-12-13-8-11-21-15(13)16(19)20/h8,11,14,17H,2-7,9-10,12H2,1H3,(H,19,20). The highest BCUT2D eigenvalue weighted by Gasteiger charge is 2.17. The van der Waals surface area contributed by atoms with Crippen molar-refractivity contribution in [2.45, 2.75) is 51.1 Å². The molecule has 1 aromatic rings. The molecular formula is C16H26N2O2S. The summed E-state index contributed by atoms with van der Waals surface area (Å²) in [6.07, 6.45) is 7.96. The van der Waals surface area contributed by atoms with Crippen LogP contribution in [0.3, 0.4) is 0 Å². The lowest BCUT2D eigenvalue weighted by molar-refractivity contribution is 0.0701. The smallest absolute Gasteiger partial charge is 0.346 e. The molecule has 1 aromatic heterocycles. The number of hydrogen-bond acceptors (Lipinski definition) is 4. The van der Waals surface area contributed by atoms with Gasteiger partial charge in [-0.25, -0.2) is 4.79 Å². The highest BCUT2D eigenvalue weighted by molar-refractivity contribution is 7.12. The maximum atomic E-state index is 11.0. The van der Waals surface area contributed by atoms with Crippen LogP contribution in [0, 0.1) is 0 Å². The zero-order valence-electron chi connectivity index (χ0n) is 12.8. The van der Waals surface area contributed by atoms with Crippen LogP contribution >= 0.6 is 11.3 Å². The highest BCUT2D eigenvalue weighted by Crippen LogP contribution is 2.21. The minimum absolute atomic E-state index is 0.460. The van der Waals surface area contributed by atoms with Gasteiger partial charge in [0.05, 0.1) is 0 Å². The van der Waals surface area contributed by atoms with Gasteiger partial charge < -0.3 is 15.3 Å². The minimum atomic E-state index is -0.821. The summed E-state index contributed by atoms with van der Waals surface area (Å²) >= 11 is 1.30. The van der Waals surface area contributed by atoms with Crippen LogP contribution in [0.5, 0.6) is 0 Å². The fourth-order valence-electron chi connectivity index (χ4n) is 3.04. The van der Waals surface area contributed by atoms with Gasteiger partial charge in [0, 0.05) is 12.6 Å². The first-order valence-electron chi connectivity index (χ1n) is 7.89. The molecule has 0 bridgehead atoms. The second-order valence-corrected chi connectivity index (χ2v) is 6.80. The van der Waals surface area contributed by atoms with Crippen LogP contribution in [0.2, 0.25) is 0 Å². The Balaban J connectivity index is 1.61. The summed E-state index contributed by atoms with van der Waals surface area (Å²) in [5.41, 5.74) is 0.896. The Morgan fingerprint density at radius 2 is 2.19 bits per heavy atom. The number of hydrogen-bond donors (Lipinski definition) is 2. The van der Waals surface area contributed by atoms with Crippen molar-refractivity contribution in [1.29, 1.82) is 0 Å². The van der Waals surface area contributed by atoms with E-state index < -0.39 is 5.97 Å². The molecular weight excluding hydrogens is 284 g/mol. The van der Waals surface area contributed by atoms with Crippen LogP contribution in [-0.4, -0.2) is 42.2 Å². The number of aromatic carboxylic acids is 1. The molecule has 1 aliphatic carbocycles. The summed E-state index contributed by atoms with van der Waals surface area (Å²) in [6.45, 7) is 2.71. The molecule has 0 atom stereocenters. The van der Waals surface area contributed by atoms with Crippen LogP contribution in [0.1, 0.15) is 53.8 Å². The van der Waals surface area contributed by atoms with E-state index in [0.29, 0.717) is 11.4 Å². The highest BCUT2D eigenvalue weighted by atomic mass is 32.1. The van der Waals surface area contributed by atoms with Crippen molar-refractivity contribution in [2.75, 3.05) is 20.1 Å². The molecule has 0 saturated heterocycles. The fraction of sp³-hybridized carbons (Fsp3) is 0.688. The van der Waals surface area contributed by atoms with E-state index in [9.17, 15) is 4.79 Å². The van der Waals surface area contributed by atoms with Gasteiger partial charge in [0.1, 0.15) is 4.88 Å². The van der Waals surface area contributed by atoms with Crippen molar-refractivity contribution in [3.05, 3.63) is 21.9 Å². The van der Waals surface area contributed by atoms with E-state index in [1.54, 1.807) is 0 Å².